The van der Waals surface area contributed by atoms with Crippen molar-refractivity contribution in [3.63, 3.8) is 0 Å². The molecule has 0 saturated heterocycles. The van der Waals surface area contributed by atoms with E-state index < -0.39 is 6.04 Å². The molecule has 0 radical (unpaired) electrons. The third-order valence-electron chi connectivity index (χ3n) is 4.74. The van der Waals surface area contributed by atoms with E-state index in [1.165, 1.54) is 17.0 Å². The Kier molecular flexibility index (Phi) is 8.00. The molecule has 6 heteroatoms. The average molecular weight is 405 g/mol. The molecule has 0 unspecified atom stereocenters. The standard InChI is InChI=1S/C22H26ClFN2O2/c1-4-15(2)25-22(28)16(3)26(14-18-7-5-6-8-20(18)23)21(27)13-17-9-11-19(24)12-10-17/h5-12,15-16H,4,13-14H2,1-3H3,(H,25,28)/t15-,16-/m1/s1. The Morgan fingerprint density at radius 1 is 1.11 bits per heavy atom. The predicted molar refractivity (Wildman–Crippen MR) is 109 cm³/mol. The van der Waals surface area contributed by atoms with Crippen molar-refractivity contribution in [2.75, 3.05) is 0 Å². The molecule has 0 aromatic heterocycles. The molecule has 4 nitrogen and oxygen atoms in total. The van der Waals surface area contributed by atoms with Gasteiger partial charge in [-0.05, 0) is 49.6 Å². The van der Waals surface area contributed by atoms with E-state index in [4.69, 9.17) is 11.6 Å². The largest absolute Gasteiger partial charge is 0.352 e. The van der Waals surface area contributed by atoms with Gasteiger partial charge in [-0.3, -0.25) is 9.59 Å². The number of hydrogen-bond donors (Lipinski definition) is 1. The average Bonchev–Trinajstić information content (AvgIpc) is 2.68. The van der Waals surface area contributed by atoms with Crippen molar-refractivity contribution in [1.82, 2.24) is 10.2 Å². The molecule has 0 bridgehead atoms. The number of carbonyl (C=O) groups is 2. The number of nitrogens with zero attached hydrogens (tertiary/aromatic N) is 1. The highest BCUT2D eigenvalue weighted by molar-refractivity contribution is 6.31. The van der Waals surface area contributed by atoms with E-state index in [0.29, 0.717) is 10.6 Å². The van der Waals surface area contributed by atoms with Crippen LogP contribution in [0.1, 0.15) is 38.3 Å². The van der Waals surface area contributed by atoms with Gasteiger partial charge in [-0.15, -0.1) is 0 Å². The van der Waals surface area contributed by atoms with Crippen molar-refractivity contribution in [1.29, 1.82) is 0 Å². The highest BCUT2D eigenvalue weighted by atomic mass is 35.5. The van der Waals surface area contributed by atoms with Crippen LogP contribution in [0.15, 0.2) is 48.5 Å². The Labute approximate surface area is 170 Å². The van der Waals surface area contributed by atoms with E-state index in [2.05, 4.69) is 5.32 Å². The van der Waals surface area contributed by atoms with Gasteiger partial charge in [0.25, 0.3) is 0 Å². The Morgan fingerprint density at radius 3 is 2.36 bits per heavy atom. The summed E-state index contributed by atoms with van der Waals surface area (Å²) in [6.45, 7) is 5.83. The zero-order valence-corrected chi connectivity index (χ0v) is 17.2. The van der Waals surface area contributed by atoms with Gasteiger partial charge in [0.2, 0.25) is 11.8 Å². The summed E-state index contributed by atoms with van der Waals surface area (Å²) in [4.78, 5) is 27.2. The Hall–Kier alpha value is -2.40. The van der Waals surface area contributed by atoms with Crippen LogP contribution in [0, 0.1) is 5.82 Å². The summed E-state index contributed by atoms with van der Waals surface area (Å²) in [6, 6.07) is 12.4. The first-order valence-electron chi connectivity index (χ1n) is 9.39. The molecular formula is C22H26ClFN2O2. The van der Waals surface area contributed by atoms with Gasteiger partial charge in [0.05, 0.1) is 6.42 Å². The van der Waals surface area contributed by atoms with Crippen LogP contribution < -0.4 is 5.32 Å². The molecule has 2 amide bonds. The maximum absolute atomic E-state index is 13.1. The summed E-state index contributed by atoms with van der Waals surface area (Å²) in [6.07, 6.45) is 0.873. The second kappa shape index (κ2) is 10.2. The molecule has 2 aromatic rings. The Morgan fingerprint density at radius 2 is 1.75 bits per heavy atom. The SMILES string of the molecule is CC[C@@H](C)NC(=O)[C@@H](C)N(Cc1ccccc1Cl)C(=O)Cc1ccc(F)cc1. The van der Waals surface area contributed by atoms with E-state index in [-0.39, 0.29) is 36.6 Å². The van der Waals surface area contributed by atoms with E-state index in [9.17, 15) is 14.0 Å². The maximum atomic E-state index is 13.1. The fourth-order valence-electron chi connectivity index (χ4n) is 2.74. The zero-order valence-electron chi connectivity index (χ0n) is 16.4. The molecule has 0 aliphatic carbocycles. The normalized spacial score (nSPS) is 12.9. The molecule has 0 spiro atoms. The molecule has 1 N–H and O–H groups in total. The first-order chi connectivity index (χ1) is 13.3. The number of carbonyl (C=O) groups excluding carboxylic acids is 2. The lowest BCUT2D eigenvalue weighted by atomic mass is 10.1. The highest BCUT2D eigenvalue weighted by Gasteiger charge is 2.27. The lowest BCUT2D eigenvalue weighted by molar-refractivity contribution is -0.140. The Bertz CT molecular complexity index is 810. The van der Waals surface area contributed by atoms with E-state index in [1.54, 1.807) is 25.1 Å². The number of benzene rings is 2. The quantitative estimate of drug-likeness (QED) is 0.710. The fourth-order valence-corrected chi connectivity index (χ4v) is 2.93. The summed E-state index contributed by atoms with van der Waals surface area (Å²) >= 11 is 6.26. The van der Waals surface area contributed by atoms with Gasteiger partial charge < -0.3 is 10.2 Å². The zero-order chi connectivity index (χ0) is 20.7. The number of hydrogen-bond acceptors (Lipinski definition) is 2. The molecule has 0 fully saturated rings. The third kappa shape index (κ3) is 6.06. The first kappa shape index (κ1) is 21.9. The third-order valence-corrected chi connectivity index (χ3v) is 5.10. The molecule has 0 saturated carbocycles. The van der Waals surface area contributed by atoms with Crippen molar-refractivity contribution in [2.45, 2.75) is 52.2 Å². The van der Waals surface area contributed by atoms with Gasteiger partial charge in [-0.25, -0.2) is 4.39 Å². The monoisotopic (exact) mass is 404 g/mol. The van der Waals surface area contributed by atoms with Gasteiger partial charge in [-0.1, -0.05) is 48.9 Å². The molecule has 0 aliphatic rings. The fraction of sp³-hybridized carbons (Fsp3) is 0.364. The summed E-state index contributed by atoms with van der Waals surface area (Å²) < 4.78 is 13.1. The Balaban J connectivity index is 2.23. The topological polar surface area (TPSA) is 49.4 Å². The van der Waals surface area contributed by atoms with Crippen LogP contribution in [-0.2, 0) is 22.6 Å². The molecule has 2 aromatic carbocycles. The summed E-state index contributed by atoms with van der Waals surface area (Å²) in [5.74, 6) is -0.794. The van der Waals surface area contributed by atoms with Crippen LogP contribution in [0.4, 0.5) is 4.39 Å². The van der Waals surface area contributed by atoms with Crippen LogP contribution in [0.5, 0.6) is 0 Å². The minimum absolute atomic E-state index is 0.0179. The number of amides is 2. The van der Waals surface area contributed by atoms with Crippen LogP contribution >= 0.6 is 11.6 Å². The van der Waals surface area contributed by atoms with Crippen LogP contribution in [0.25, 0.3) is 0 Å². The van der Waals surface area contributed by atoms with E-state index in [0.717, 1.165) is 12.0 Å². The van der Waals surface area contributed by atoms with Crippen molar-refractivity contribution in [3.8, 4) is 0 Å². The predicted octanol–water partition coefficient (Wildman–Crippen LogP) is 4.35. The molecule has 0 heterocycles. The highest BCUT2D eigenvalue weighted by Crippen LogP contribution is 2.19. The lowest BCUT2D eigenvalue weighted by Crippen LogP contribution is -2.49. The second-order valence-electron chi connectivity index (χ2n) is 6.91. The van der Waals surface area contributed by atoms with Crippen LogP contribution in [0.2, 0.25) is 5.02 Å². The second-order valence-corrected chi connectivity index (χ2v) is 7.32. The van der Waals surface area contributed by atoms with Crippen molar-refractivity contribution >= 4 is 23.4 Å². The van der Waals surface area contributed by atoms with Crippen LogP contribution in [-0.4, -0.2) is 28.8 Å². The first-order valence-corrected chi connectivity index (χ1v) is 9.77. The molecule has 0 aliphatic heterocycles. The molecule has 2 rings (SSSR count). The summed E-state index contributed by atoms with van der Waals surface area (Å²) in [5.41, 5.74) is 1.45. The van der Waals surface area contributed by atoms with Gasteiger partial charge in [0.1, 0.15) is 11.9 Å². The summed E-state index contributed by atoms with van der Waals surface area (Å²) in [7, 11) is 0. The smallest absolute Gasteiger partial charge is 0.242 e. The maximum Gasteiger partial charge on any atom is 0.242 e. The van der Waals surface area contributed by atoms with E-state index >= 15 is 0 Å². The summed E-state index contributed by atoms with van der Waals surface area (Å²) in [5, 5.41) is 3.46. The molecule has 2 atom stereocenters. The van der Waals surface area contributed by atoms with Gasteiger partial charge in [0, 0.05) is 17.6 Å². The van der Waals surface area contributed by atoms with Crippen molar-refractivity contribution in [2.24, 2.45) is 0 Å². The van der Waals surface area contributed by atoms with Crippen LogP contribution in [0.3, 0.4) is 0 Å². The van der Waals surface area contributed by atoms with Crippen molar-refractivity contribution in [3.05, 3.63) is 70.5 Å². The number of halogens is 2. The van der Waals surface area contributed by atoms with E-state index in [1.807, 2.05) is 32.0 Å². The van der Waals surface area contributed by atoms with Crippen molar-refractivity contribution < 1.29 is 14.0 Å². The lowest BCUT2D eigenvalue weighted by Gasteiger charge is -2.30. The van der Waals surface area contributed by atoms with Gasteiger partial charge in [-0.2, -0.15) is 0 Å². The minimum Gasteiger partial charge on any atom is -0.352 e. The molecule has 150 valence electrons. The number of nitrogens with one attached hydrogen (secondary N) is 1. The number of rotatable bonds is 8. The molecular weight excluding hydrogens is 379 g/mol. The minimum atomic E-state index is -0.668. The van der Waals surface area contributed by atoms with Gasteiger partial charge >= 0.3 is 0 Å². The van der Waals surface area contributed by atoms with Gasteiger partial charge in [0.15, 0.2) is 0 Å². The molecule has 28 heavy (non-hydrogen) atoms.